The molecule has 1 unspecified atom stereocenters. The average molecular weight is 214 g/mol. The molecule has 1 aliphatic heterocycles. The zero-order valence-corrected chi connectivity index (χ0v) is 8.91. The zero-order valence-electron chi connectivity index (χ0n) is 8.91. The fourth-order valence-corrected chi connectivity index (χ4v) is 1.79. The maximum Gasteiger partial charge on any atom is 0.306 e. The summed E-state index contributed by atoms with van der Waals surface area (Å²) >= 11 is 0. The molecule has 1 N–H and O–H groups in total. The number of carboxylic acids is 1. The van der Waals surface area contributed by atoms with Gasteiger partial charge in [0.05, 0.1) is 0 Å². The number of carbonyl (C=O) groups excluding carboxylic acids is 1. The Hall–Kier alpha value is -1.06. The van der Waals surface area contributed by atoms with Crippen LogP contribution in [-0.2, 0) is 14.3 Å². The molecule has 4 heteroatoms. The van der Waals surface area contributed by atoms with Gasteiger partial charge in [-0.2, -0.15) is 0 Å². The number of esters is 1. The molecule has 1 aliphatic rings. The Balaban J connectivity index is 2.37. The SMILES string of the molecule is O=C(O)CCC1CCCCCCC(=O)O1. The van der Waals surface area contributed by atoms with Crippen molar-refractivity contribution in [3.05, 3.63) is 0 Å². The van der Waals surface area contributed by atoms with Crippen LogP contribution < -0.4 is 0 Å². The third-order valence-electron chi connectivity index (χ3n) is 2.64. The Labute approximate surface area is 89.6 Å². The molecular weight excluding hydrogens is 196 g/mol. The summed E-state index contributed by atoms with van der Waals surface area (Å²) in [5, 5.41) is 8.55. The van der Waals surface area contributed by atoms with Gasteiger partial charge in [0.2, 0.25) is 0 Å². The average Bonchev–Trinajstić information content (AvgIpc) is 2.27. The van der Waals surface area contributed by atoms with Crippen molar-refractivity contribution in [2.75, 3.05) is 0 Å². The summed E-state index contributed by atoms with van der Waals surface area (Å²) in [5.74, 6) is -1.00. The molecule has 0 radical (unpaired) electrons. The monoisotopic (exact) mass is 214 g/mol. The minimum Gasteiger partial charge on any atom is -0.481 e. The molecule has 1 heterocycles. The van der Waals surface area contributed by atoms with Crippen LogP contribution in [0.1, 0.15) is 51.4 Å². The highest BCUT2D eigenvalue weighted by Crippen LogP contribution is 2.17. The first-order valence-electron chi connectivity index (χ1n) is 5.60. The van der Waals surface area contributed by atoms with E-state index in [4.69, 9.17) is 9.84 Å². The molecule has 1 fully saturated rings. The number of carboxylic acid groups (broad SMARTS) is 1. The summed E-state index contributed by atoms with van der Waals surface area (Å²) in [7, 11) is 0. The lowest BCUT2D eigenvalue weighted by Crippen LogP contribution is -2.18. The number of carbonyl (C=O) groups is 2. The van der Waals surface area contributed by atoms with Crippen molar-refractivity contribution in [3.63, 3.8) is 0 Å². The van der Waals surface area contributed by atoms with Gasteiger partial charge in [0.25, 0.3) is 0 Å². The van der Waals surface area contributed by atoms with Gasteiger partial charge in [-0.25, -0.2) is 0 Å². The van der Waals surface area contributed by atoms with Crippen LogP contribution in [0, 0.1) is 0 Å². The molecule has 0 bridgehead atoms. The molecule has 1 atom stereocenters. The summed E-state index contributed by atoms with van der Waals surface area (Å²) < 4.78 is 5.22. The van der Waals surface area contributed by atoms with E-state index < -0.39 is 5.97 Å². The molecule has 4 nitrogen and oxygen atoms in total. The van der Waals surface area contributed by atoms with Crippen LogP contribution in [0.4, 0.5) is 0 Å². The molecule has 86 valence electrons. The molecule has 0 aromatic rings. The second-order valence-corrected chi connectivity index (χ2v) is 4.00. The maximum absolute atomic E-state index is 11.3. The van der Waals surface area contributed by atoms with E-state index in [1.165, 1.54) is 0 Å². The van der Waals surface area contributed by atoms with Crippen LogP contribution in [0.15, 0.2) is 0 Å². The predicted molar refractivity (Wildman–Crippen MR) is 54.5 cm³/mol. The van der Waals surface area contributed by atoms with E-state index >= 15 is 0 Å². The number of hydrogen-bond donors (Lipinski definition) is 1. The van der Waals surface area contributed by atoms with Gasteiger partial charge in [0, 0.05) is 12.8 Å². The van der Waals surface area contributed by atoms with Crippen molar-refractivity contribution >= 4 is 11.9 Å². The van der Waals surface area contributed by atoms with Crippen molar-refractivity contribution in [2.24, 2.45) is 0 Å². The normalized spacial score (nSPS) is 23.5. The Kier molecular flexibility index (Phi) is 5.15. The standard InChI is InChI=1S/C11H18O4/c12-10(13)8-7-9-5-3-1-2-4-6-11(14)15-9/h9H,1-8H2,(H,12,13). The van der Waals surface area contributed by atoms with E-state index in [2.05, 4.69) is 0 Å². The first kappa shape index (κ1) is 12.0. The molecule has 0 aromatic heterocycles. The fourth-order valence-electron chi connectivity index (χ4n) is 1.79. The quantitative estimate of drug-likeness (QED) is 0.731. The Morgan fingerprint density at radius 2 is 2.07 bits per heavy atom. The van der Waals surface area contributed by atoms with Crippen molar-refractivity contribution in [1.82, 2.24) is 0 Å². The van der Waals surface area contributed by atoms with Crippen LogP contribution in [0.25, 0.3) is 0 Å². The van der Waals surface area contributed by atoms with Crippen LogP contribution in [0.3, 0.4) is 0 Å². The molecule has 0 aliphatic carbocycles. The lowest BCUT2D eigenvalue weighted by Gasteiger charge is -2.15. The highest BCUT2D eigenvalue weighted by molar-refractivity contribution is 5.69. The van der Waals surface area contributed by atoms with Gasteiger partial charge in [0.15, 0.2) is 0 Å². The molecule has 0 spiro atoms. The second-order valence-electron chi connectivity index (χ2n) is 4.00. The fraction of sp³-hybridized carbons (Fsp3) is 0.818. The topological polar surface area (TPSA) is 63.6 Å². The summed E-state index contributed by atoms with van der Waals surface area (Å²) in [6.07, 6.45) is 5.72. The minimum atomic E-state index is -0.828. The summed E-state index contributed by atoms with van der Waals surface area (Å²) in [4.78, 5) is 21.7. The third kappa shape index (κ3) is 5.40. The van der Waals surface area contributed by atoms with E-state index in [-0.39, 0.29) is 18.5 Å². The molecule has 15 heavy (non-hydrogen) atoms. The van der Waals surface area contributed by atoms with Gasteiger partial charge in [-0.3, -0.25) is 9.59 Å². The Bertz CT molecular complexity index is 225. The first-order valence-corrected chi connectivity index (χ1v) is 5.60. The van der Waals surface area contributed by atoms with Crippen molar-refractivity contribution in [1.29, 1.82) is 0 Å². The number of aliphatic carboxylic acids is 1. The second kappa shape index (κ2) is 6.43. The van der Waals surface area contributed by atoms with Crippen LogP contribution in [0.5, 0.6) is 0 Å². The van der Waals surface area contributed by atoms with Gasteiger partial charge in [-0.1, -0.05) is 12.8 Å². The van der Waals surface area contributed by atoms with E-state index in [0.717, 1.165) is 32.1 Å². The minimum absolute atomic E-state index is 0.0813. The number of hydrogen-bond acceptors (Lipinski definition) is 3. The molecule has 1 rings (SSSR count). The molecule has 0 amide bonds. The predicted octanol–water partition coefficient (Wildman–Crippen LogP) is 2.12. The number of cyclic esters (lactones) is 1. The van der Waals surface area contributed by atoms with Gasteiger partial charge in [0.1, 0.15) is 6.10 Å². The summed E-state index contributed by atoms with van der Waals surface area (Å²) in [5.41, 5.74) is 0. The highest BCUT2D eigenvalue weighted by atomic mass is 16.5. The van der Waals surface area contributed by atoms with Crippen molar-refractivity contribution in [2.45, 2.75) is 57.5 Å². The van der Waals surface area contributed by atoms with Crippen molar-refractivity contribution in [3.8, 4) is 0 Å². The van der Waals surface area contributed by atoms with Gasteiger partial charge >= 0.3 is 11.9 Å². The lowest BCUT2D eigenvalue weighted by molar-refractivity contribution is -0.151. The zero-order chi connectivity index (χ0) is 11.1. The molecular formula is C11H18O4. The third-order valence-corrected chi connectivity index (χ3v) is 2.64. The summed E-state index contributed by atoms with van der Waals surface area (Å²) in [6, 6.07) is 0. The number of rotatable bonds is 3. The smallest absolute Gasteiger partial charge is 0.306 e. The van der Waals surface area contributed by atoms with E-state index in [1.54, 1.807) is 0 Å². The van der Waals surface area contributed by atoms with Gasteiger partial charge in [-0.05, 0) is 25.7 Å². The summed E-state index contributed by atoms with van der Waals surface area (Å²) in [6.45, 7) is 0. The van der Waals surface area contributed by atoms with E-state index in [9.17, 15) is 9.59 Å². The largest absolute Gasteiger partial charge is 0.481 e. The first-order chi connectivity index (χ1) is 7.18. The molecule has 1 saturated heterocycles. The van der Waals surface area contributed by atoms with Gasteiger partial charge in [-0.15, -0.1) is 0 Å². The van der Waals surface area contributed by atoms with Gasteiger partial charge < -0.3 is 9.84 Å². The highest BCUT2D eigenvalue weighted by Gasteiger charge is 2.17. The Morgan fingerprint density at radius 3 is 2.80 bits per heavy atom. The number of ether oxygens (including phenoxy) is 1. The van der Waals surface area contributed by atoms with Crippen molar-refractivity contribution < 1.29 is 19.4 Å². The molecule has 0 saturated carbocycles. The van der Waals surface area contributed by atoms with E-state index in [0.29, 0.717) is 12.8 Å². The van der Waals surface area contributed by atoms with Crippen LogP contribution in [0.2, 0.25) is 0 Å². The van der Waals surface area contributed by atoms with Crippen LogP contribution >= 0.6 is 0 Å². The Morgan fingerprint density at radius 1 is 1.33 bits per heavy atom. The van der Waals surface area contributed by atoms with Crippen LogP contribution in [-0.4, -0.2) is 23.1 Å². The maximum atomic E-state index is 11.3. The van der Waals surface area contributed by atoms with E-state index in [1.807, 2.05) is 0 Å². The molecule has 0 aromatic carbocycles. The lowest BCUT2D eigenvalue weighted by atomic mass is 10.1.